The number of nitrogens with two attached hydrogens (primary N) is 1. The average molecular weight is 353 g/mol. The summed E-state index contributed by atoms with van der Waals surface area (Å²) in [4.78, 5) is 15.0. The van der Waals surface area contributed by atoms with Gasteiger partial charge in [-0.1, -0.05) is 30.3 Å². The molecule has 0 fully saturated rings. The third-order valence-corrected chi connectivity index (χ3v) is 3.86. The Kier molecular flexibility index (Phi) is 5.43. The van der Waals surface area contributed by atoms with Gasteiger partial charge in [-0.15, -0.1) is 0 Å². The number of nitrogens with one attached hydrogen (secondary N) is 1. The van der Waals surface area contributed by atoms with Crippen LogP contribution in [0.1, 0.15) is 29.8 Å². The van der Waals surface area contributed by atoms with Gasteiger partial charge in [-0.25, -0.2) is 0 Å². The normalized spacial score (nSPS) is 11.1. The van der Waals surface area contributed by atoms with E-state index in [4.69, 9.17) is 10.3 Å². The van der Waals surface area contributed by atoms with Crippen LogP contribution in [0, 0.1) is 6.92 Å². The van der Waals surface area contributed by atoms with Gasteiger partial charge in [-0.2, -0.15) is 15.0 Å². The van der Waals surface area contributed by atoms with Crippen molar-refractivity contribution in [2.45, 2.75) is 33.4 Å². The second-order valence-electron chi connectivity index (χ2n) is 6.17. The van der Waals surface area contributed by atoms with Crippen LogP contribution in [0.5, 0.6) is 0 Å². The number of benzene rings is 1. The SMILES string of the molecule is CCc1ccccc1Nc1nc(N)nc(CN(C)Cc2cc(C)on2)n1. The molecule has 0 atom stereocenters. The van der Waals surface area contributed by atoms with Gasteiger partial charge >= 0.3 is 0 Å². The fraction of sp³-hybridized carbons (Fsp3) is 0.333. The van der Waals surface area contributed by atoms with Crippen LogP contribution in [-0.4, -0.2) is 32.1 Å². The summed E-state index contributed by atoms with van der Waals surface area (Å²) in [6, 6.07) is 9.96. The molecular weight excluding hydrogens is 330 g/mol. The molecule has 0 aliphatic rings. The molecule has 0 saturated heterocycles. The Hall–Kier alpha value is -3.00. The fourth-order valence-corrected chi connectivity index (χ4v) is 2.70. The van der Waals surface area contributed by atoms with Crippen molar-refractivity contribution >= 4 is 17.6 Å². The van der Waals surface area contributed by atoms with E-state index in [9.17, 15) is 0 Å². The quantitative estimate of drug-likeness (QED) is 0.668. The van der Waals surface area contributed by atoms with Crippen molar-refractivity contribution in [1.29, 1.82) is 0 Å². The maximum Gasteiger partial charge on any atom is 0.232 e. The zero-order valence-corrected chi connectivity index (χ0v) is 15.2. The van der Waals surface area contributed by atoms with Crippen molar-refractivity contribution < 1.29 is 4.52 Å². The molecule has 3 aromatic rings. The minimum Gasteiger partial charge on any atom is -0.368 e. The Morgan fingerprint density at radius 2 is 1.96 bits per heavy atom. The summed E-state index contributed by atoms with van der Waals surface area (Å²) in [5.74, 6) is 2.02. The van der Waals surface area contributed by atoms with Gasteiger partial charge in [0.2, 0.25) is 11.9 Å². The molecule has 2 heterocycles. The molecule has 0 saturated carbocycles. The van der Waals surface area contributed by atoms with Crippen LogP contribution >= 0.6 is 0 Å². The highest BCUT2D eigenvalue weighted by Crippen LogP contribution is 2.19. The van der Waals surface area contributed by atoms with Gasteiger partial charge in [0.25, 0.3) is 0 Å². The number of aromatic nitrogens is 4. The molecule has 0 radical (unpaired) electrons. The van der Waals surface area contributed by atoms with Gasteiger partial charge in [0, 0.05) is 18.3 Å². The lowest BCUT2D eigenvalue weighted by molar-refractivity contribution is 0.295. The van der Waals surface area contributed by atoms with Crippen LogP contribution in [0.3, 0.4) is 0 Å². The Balaban J connectivity index is 1.72. The number of nitrogens with zero attached hydrogens (tertiary/aromatic N) is 5. The van der Waals surface area contributed by atoms with Crippen molar-refractivity contribution in [3.05, 3.63) is 53.2 Å². The third-order valence-electron chi connectivity index (χ3n) is 3.86. The lowest BCUT2D eigenvalue weighted by atomic mass is 10.1. The van der Waals surface area contributed by atoms with E-state index in [-0.39, 0.29) is 5.95 Å². The summed E-state index contributed by atoms with van der Waals surface area (Å²) in [5.41, 5.74) is 8.89. The second-order valence-corrected chi connectivity index (χ2v) is 6.17. The number of hydrogen-bond acceptors (Lipinski definition) is 8. The molecule has 3 rings (SSSR count). The summed E-state index contributed by atoms with van der Waals surface area (Å²) < 4.78 is 5.09. The Bertz CT molecular complexity index is 877. The molecule has 3 N–H and O–H groups in total. The molecular formula is C18H23N7O. The largest absolute Gasteiger partial charge is 0.368 e. The molecule has 0 spiro atoms. The topological polar surface area (TPSA) is 106 Å². The first-order valence-electron chi connectivity index (χ1n) is 8.49. The van der Waals surface area contributed by atoms with Crippen molar-refractivity contribution in [2.24, 2.45) is 0 Å². The predicted octanol–water partition coefficient (Wildman–Crippen LogP) is 2.69. The van der Waals surface area contributed by atoms with Crippen LogP contribution in [0.25, 0.3) is 0 Å². The number of rotatable bonds is 7. The van der Waals surface area contributed by atoms with Crippen molar-refractivity contribution in [3.8, 4) is 0 Å². The molecule has 136 valence electrons. The monoisotopic (exact) mass is 353 g/mol. The molecule has 0 amide bonds. The Morgan fingerprint density at radius 1 is 1.15 bits per heavy atom. The van der Waals surface area contributed by atoms with E-state index in [1.165, 1.54) is 5.56 Å². The number of hydrogen-bond donors (Lipinski definition) is 2. The molecule has 1 aromatic carbocycles. The summed E-state index contributed by atoms with van der Waals surface area (Å²) in [5, 5.41) is 7.24. The second kappa shape index (κ2) is 7.92. The van der Waals surface area contributed by atoms with Crippen molar-refractivity contribution in [3.63, 3.8) is 0 Å². The Labute approximate surface area is 152 Å². The van der Waals surface area contributed by atoms with Gasteiger partial charge in [-0.3, -0.25) is 4.90 Å². The van der Waals surface area contributed by atoms with E-state index in [0.717, 1.165) is 23.6 Å². The van der Waals surface area contributed by atoms with Crippen molar-refractivity contribution in [2.75, 3.05) is 18.1 Å². The van der Waals surface area contributed by atoms with E-state index in [0.29, 0.717) is 24.9 Å². The molecule has 26 heavy (non-hydrogen) atoms. The highest BCUT2D eigenvalue weighted by atomic mass is 16.5. The summed E-state index contributed by atoms with van der Waals surface area (Å²) in [6.45, 7) is 5.12. The Morgan fingerprint density at radius 3 is 2.69 bits per heavy atom. The zero-order valence-electron chi connectivity index (χ0n) is 15.2. The molecule has 8 nitrogen and oxygen atoms in total. The summed E-state index contributed by atoms with van der Waals surface area (Å²) in [6.07, 6.45) is 0.913. The van der Waals surface area contributed by atoms with Gasteiger partial charge < -0.3 is 15.6 Å². The smallest absolute Gasteiger partial charge is 0.232 e. The number of aryl methyl sites for hydroxylation is 2. The molecule has 0 unspecified atom stereocenters. The number of para-hydroxylation sites is 1. The van der Waals surface area contributed by atoms with E-state index in [2.05, 4.69) is 38.4 Å². The fourth-order valence-electron chi connectivity index (χ4n) is 2.70. The molecule has 8 heteroatoms. The average Bonchev–Trinajstić information content (AvgIpc) is 2.99. The molecule has 2 aromatic heterocycles. The lowest BCUT2D eigenvalue weighted by Gasteiger charge is -2.15. The number of anilines is 3. The molecule has 0 aliphatic carbocycles. The van der Waals surface area contributed by atoms with Gasteiger partial charge in [-0.05, 0) is 32.0 Å². The van der Waals surface area contributed by atoms with E-state index < -0.39 is 0 Å². The minimum atomic E-state index is 0.192. The van der Waals surface area contributed by atoms with Gasteiger partial charge in [0.05, 0.1) is 12.2 Å². The van der Waals surface area contributed by atoms with Crippen LogP contribution in [0.4, 0.5) is 17.6 Å². The van der Waals surface area contributed by atoms with Gasteiger partial charge in [0.1, 0.15) is 11.6 Å². The predicted molar refractivity (Wildman–Crippen MR) is 99.8 cm³/mol. The van der Waals surface area contributed by atoms with Gasteiger partial charge in [0.15, 0.2) is 0 Å². The van der Waals surface area contributed by atoms with E-state index >= 15 is 0 Å². The van der Waals surface area contributed by atoms with Crippen LogP contribution in [0.15, 0.2) is 34.9 Å². The van der Waals surface area contributed by atoms with E-state index in [1.807, 2.05) is 43.1 Å². The van der Waals surface area contributed by atoms with Crippen LogP contribution < -0.4 is 11.1 Å². The van der Waals surface area contributed by atoms with Crippen LogP contribution in [0.2, 0.25) is 0 Å². The maximum atomic E-state index is 5.87. The molecule has 0 aliphatic heterocycles. The minimum absolute atomic E-state index is 0.192. The maximum absolute atomic E-state index is 5.87. The lowest BCUT2D eigenvalue weighted by Crippen LogP contribution is -2.20. The van der Waals surface area contributed by atoms with Crippen LogP contribution in [-0.2, 0) is 19.5 Å². The standard InChI is InChI=1S/C18H23N7O/c1-4-13-7-5-6-8-15(13)20-18-22-16(21-17(19)23-18)11-25(3)10-14-9-12(2)26-24-14/h5-9H,4,10-11H2,1-3H3,(H3,19,20,21,22,23). The number of nitrogen functional groups attached to an aromatic ring is 1. The first kappa shape index (κ1) is 17.8. The highest BCUT2D eigenvalue weighted by molar-refractivity contribution is 5.58. The first-order valence-corrected chi connectivity index (χ1v) is 8.49. The third kappa shape index (κ3) is 4.54. The first-order chi connectivity index (χ1) is 12.5. The molecule has 0 bridgehead atoms. The summed E-state index contributed by atoms with van der Waals surface area (Å²) in [7, 11) is 1.96. The van der Waals surface area contributed by atoms with E-state index in [1.54, 1.807) is 0 Å². The zero-order chi connectivity index (χ0) is 18.5. The highest BCUT2D eigenvalue weighted by Gasteiger charge is 2.11. The van der Waals surface area contributed by atoms with Crippen molar-refractivity contribution in [1.82, 2.24) is 25.0 Å². The summed E-state index contributed by atoms with van der Waals surface area (Å²) >= 11 is 0.